The molecule has 0 heterocycles. The number of thioether (sulfide) groups is 1. The van der Waals surface area contributed by atoms with Crippen LogP contribution in [0.5, 0.6) is 0 Å². The maximum absolute atomic E-state index is 13.5. The van der Waals surface area contributed by atoms with Gasteiger partial charge < -0.3 is 20.7 Å². The van der Waals surface area contributed by atoms with E-state index in [0.717, 1.165) is 38.5 Å². The minimum absolute atomic E-state index is 0.0146. The molecule has 204 valence electrons. The summed E-state index contributed by atoms with van der Waals surface area (Å²) >= 11 is 1.47. The van der Waals surface area contributed by atoms with E-state index < -0.39 is 29.1 Å². The van der Waals surface area contributed by atoms with Gasteiger partial charge in [0, 0.05) is 28.4 Å². The number of aliphatic hydroxyl groups is 2. The summed E-state index contributed by atoms with van der Waals surface area (Å²) in [7, 11) is 0. The lowest BCUT2D eigenvalue weighted by atomic mass is 9.44. The molecule has 11 atom stereocenters. The van der Waals surface area contributed by atoms with Crippen LogP contribution in [0.3, 0.4) is 0 Å². The molecule has 4 saturated carbocycles. The minimum Gasteiger partial charge on any atom is -0.461 e. The molecule has 0 aliphatic heterocycles. The summed E-state index contributed by atoms with van der Waals surface area (Å²) in [6.45, 7) is 13.1. The van der Waals surface area contributed by atoms with Crippen LogP contribution in [-0.2, 0) is 14.3 Å². The molecule has 36 heavy (non-hydrogen) atoms. The van der Waals surface area contributed by atoms with E-state index in [1.54, 1.807) is 0 Å². The second kappa shape index (κ2) is 10.3. The second-order valence-electron chi connectivity index (χ2n) is 12.8. The Morgan fingerprint density at radius 2 is 1.94 bits per heavy atom. The predicted molar refractivity (Wildman–Crippen MR) is 143 cm³/mol. The van der Waals surface area contributed by atoms with Crippen LogP contribution in [0.25, 0.3) is 0 Å². The van der Waals surface area contributed by atoms with Crippen molar-refractivity contribution >= 4 is 23.5 Å². The van der Waals surface area contributed by atoms with Crippen LogP contribution in [0.15, 0.2) is 12.7 Å². The number of ether oxygens (including phenoxy) is 1. The average molecular weight is 522 g/mol. The molecule has 6 nitrogen and oxygen atoms in total. The third-order valence-corrected chi connectivity index (χ3v) is 12.6. The lowest BCUT2D eigenvalue weighted by molar-refractivity contribution is -0.205. The predicted octanol–water partition coefficient (Wildman–Crippen LogP) is 4.11. The van der Waals surface area contributed by atoms with Crippen molar-refractivity contribution < 1.29 is 24.5 Å². The Hall–Kier alpha value is -0.890. The maximum Gasteiger partial charge on any atom is 0.316 e. The highest BCUT2D eigenvalue weighted by Crippen LogP contribution is 2.68. The number of hydrogen-bond acceptors (Lipinski definition) is 7. The van der Waals surface area contributed by atoms with Crippen molar-refractivity contribution in [1.82, 2.24) is 0 Å². The van der Waals surface area contributed by atoms with Gasteiger partial charge in [0.2, 0.25) is 0 Å². The molecular formula is C29H47NO5S. The molecule has 7 heteroatoms. The summed E-state index contributed by atoms with van der Waals surface area (Å²) in [6, 6.07) is 0. The Balaban J connectivity index is 1.59. The monoisotopic (exact) mass is 521 g/mol. The van der Waals surface area contributed by atoms with Crippen molar-refractivity contribution in [1.29, 1.82) is 0 Å². The maximum atomic E-state index is 13.5. The average Bonchev–Trinajstić information content (AvgIpc) is 3.39. The Labute approximate surface area is 221 Å². The first kappa shape index (κ1) is 28.1. The lowest BCUT2D eigenvalue weighted by Gasteiger charge is -2.61. The van der Waals surface area contributed by atoms with Crippen LogP contribution in [0, 0.1) is 39.9 Å². The number of esters is 1. The van der Waals surface area contributed by atoms with Gasteiger partial charge in [-0.3, -0.25) is 9.59 Å². The Morgan fingerprint density at radius 1 is 1.22 bits per heavy atom. The Morgan fingerprint density at radius 3 is 2.61 bits per heavy atom. The summed E-state index contributed by atoms with van der Waals surface area (Å²) in [6.07, 6.45) is 6.51. The molecule has 0 aromatic heterocycles. The lowest BCUT2D eigenvalue weighted by Crippen LogP contribution is -2.63. The summed E-state index contributed by atoms with van der Waals surface area (Å²) in [5.74, 6) is 0.298. The second-order valence-corrected chi connectivity index (χ2v) is 14.0. The van der Waals surface area contributed by atoms with Gasteiger partial charge >= 0.3 is 5.97 Å². The number of rotatable bonds is 7. The quantitative estimate of drug-likeness (QED) is 0.342. The normalized spacial score (nSPS) is 48.7. The first-order chi connectivity index (χ1) is 16.9. The van der Waals surface area contributed by atoms with Gasteiger partial charge in [0.05, 0.1) is 18.0 Å². The fourth-order valence-corrected chi connectivity index (χ4v) is 9.74. The van der Waals surface area contributed by atoms with Crippen molar-refractivity contribution in [3.05, 3.63) is 12.7 Å². The van der Waals surface area contributed by atoms with Crippen molar-refractivity contribution in [3.63, 3.8) is 0 Å². The van der Waals surface area contributed by atoms with Crippen LogP contribution >= 0.6 is 11.8 Å². The number of carbonyl (C=O) groups is 2. The van der Waals surface area contributed by atoms with Gasteiger partial charge in [-0.05, 0) is 74.7 Å². The van der Waals surface area contributed by atoms with Gasteiger partial charge in [0.1, 0.15) is 11.9 Å². The molecule has 4 rings (SSSR count). The number of aliphatic hydroxyl groups excluding tert-OH is 2. The van der Waals surface area contributed by atoms with E-state index in [1.807, 2.05) is 13.0 Å². The third-order valence-electron chi connectivity index (χ3n) is 11.2. The van der Waals surface area contributed by atoms with E-state index in [1.165, 1.54) is 11.8 Å². The number of Topliss-reactive ketones (excluding diaryl/α,β-unsaturated/α-hetero) is 1. The van der Waals surface area contributed by atoms with Crippen LogP contribution in [0.4, 0.5) is 0 Å². The number of carbonyl (C=O) groups excluding carboxylic acids is 2. The number of nitrogens with two attached hydrogens (primary N) is 1. The molecule has 3 unspecified atom stereocenters. The molecular weight excluding hydrogens is 474 g/mol. The summed E-state index contributed by atoms with van der Waals surface area (Å²) in [4.78, 5) is 26.8. The topological polar surface area (TPSA) is 110 Å². The van der Waals surface area contributed by atoms with E-state index in [-0.39, 0.29) is 51.8 Å². The van der Waals surface area contributed by atoms with Crippen molar-refractivity contribution in [2.75, 3.05) is 12.3 Å². The van der Waals surface area contributed by atoms with Gasteiger partial charge in [0.25, 0.3) is 0 Å². The molecule has 0 radical (unpaired) electrons. The zero-order valence-corrected chi connectivity index (χ0v) is 23.4. The zero-order chi connectivity index (χ0) is 26.5. The molecule has 4 N–H and O–H groups in total. The zero-order valence-electron chi connectivity index (χ0n) is 22.6. The SMILES string of the molecule is C=C[C@]1(C)C[C@@H](OC(=O)CS[C@H]2CC[C@H](CCN)[C@@H]2O)[C@]2(C)C(C)CCC3(CCC(=O)[C@H]32)[C@@H](C)C1O. The van der Waals surface area contributed by atoms with Gasteiger partial charge in [-0.15, -0.1) is 18.3 Å². The molecule has 2 bridgehead atoms. The van der Waals surface area contributed by atoms with E-state index >= 15 is 0 Å². The fraction of sp³-hybridized carbons (Fsp3) is 0.862. The molecule has 4 aliphatic carbocycles. The molecule has 0 aromatic carbocycles. The Kier molecular flexibility index (Phi) is 8.09. The number of ketones is 1. The Bertz CT molecular complexity index is 867. The van der Waals surface area contributed by atoms with Gasteiger partial charge in [0.15, 0.2) is 0 Å². The highest BCUT2D eigenvalue weighted by Gasteiger charge is 2.68. The summed E-state index contributed by atoms with van der Waals surface area (Å²) < 4.78 is 6.32. The first-order valence-corrected chi connectivity index (χ1v) is 15.0. The highest BCUT2D eigenvalue weighted by atomic mass is 32.2. The molecule has 0 spiro atoms. The van der Waals surface area contributed by atoms with Gasteiger partial charge in [-0.2, -0.15) is 0 Å². The van der Waals surface area contributed by atoms with Gasteiger partial charge in [-0.1, -0.05) is 33.8 Å². The molecule has 0 amide bonds. The van der Waals surface area contributed by atoms with Crippen LogP contribution in [0.2, 0.25) is 0 Å². The summed E-state index contributed by atoms with van der Waals surface area (Å²) in [5.41, 5.74) is 4.29. The van der Waals surface area contributed by atoms with Crippen LogP contribution < -0.4 is 5.73 Å². The van der Waals surface area contributed by atoms with Gasteiger partial charge in [-0.25, -0.2) is 0 Å². The standard InChI is InChI=1S/C29H47NO5S/c1-6-27(4)15-22(35-23(32)16-36-21-8-7-19(11-14-30)24(21)33)28(5)17(2)9-12-29(18(3)26(27)34)13-10-20(31)25(28)29/h6,17-19,21-22,24-26,33-34H,1,7-16,30H2,2-5H3/t17?,18-,19+,21-,22+,24-,25-,26?,27+,28-,29?/m0/s1. The molecule has 0 saturated heterocycles. The molecule has 4 aliphatic rings. The molecule has 0 aromatic rings. The largest absolute Gasteiger partial charge is 0.461 e. The van der Waals surface area contributed by atoms with E-state index in [4.69, 9.17) is 10.5 Å². The van der Waals surface area contributed by atoms with Crippen molar-refractivity contribution in [3.8, 4) is 0 Å². The van der Waals surface area contributed by atoms with E-state index in [9.17, 15) is 19.8 Å². The van der Waals surface area contributed by atoms with E-state index in [2.05, 4.69) is 27.4 Å². The highest BCUT2D eigenvalue weighted by molar-refractivity contribution is 8.00. The molecule has 4 fully saturated rings. The van der Waals surface area contributed by atoms with Crippen LogP contribution in [0.1, 0.15) is 79.1 Å². The third kappa shape index (κ3) is 4.40. The summed E-state index contributed by atoms with van der Waals surface area (Å²) in [5, 5.41) is 22.3. The van der Waals surface area contributed by atoms with E-state index in [0.29, 0.717) is 19.4 Å². The van der Waals surface area contributed by atoms with Crippen LogP contribution in [-0.4, -0.2) is 57.8 Å². The number of hydrogen-bond donors (Lipinski definition) is 3. The van der Waals surface area contributed by atoms with Crippen molar-refractivity contribution in [2.45, 2.75) is 103 Å². The fourth-order valence-electron chi connectivity index (χ4n) is 8.60. The van der Waals surface area contributed by atoms with Crippen molar-refractivity contribution in [2.24, 2.45) is 45.7 Å². The minimum atomic E-state index is -0.662. The first-order valence-electron chi connectivity index (χ1n) is 14.0. The smallest absolute Gasteiger partial charge is 0.316 e.